The number of aryl methyl sites for hydroxylation is 1. The Labute approximate surface area is 146 Å². The van der Waals surface area contributed by atoms with Crippen LogP contribution in [0.1, 0.15) is 37.8 Å². The first-order chi connectivity index (χ1) is 12.0. The summed E-state index contributed by atoms with van der Waals surface area (Å²) in [5.41, 5.74) is 1.81. The predicted molar refractivity (Wildman–Crippen MR) is 96.2 cm³/mol. The van der Waals surface area contributed by atoms with Crippen LogP contribution in [0.3, 0.4) is 0 Å². The van der Waals surface area contributed by atoms with E-state index in [2.05, 4.69) is 15.3 Å². The van der Waals surface area contributed by atoms with Crippen molar-refractivity contribution < 1.29 is 9.90 Å². The molecule has 3 N–H and O–H groups in total. The van der Waals surface area contributed by atoms with E-state index in [4.69, 9.17) is 0 Å². The number of carbonyl (C=O) groups is 1. The van der Waals surface area contributed by atoms with Crippen molar-refractivity contribution in [1.82, 2.24) is 9.97 Å². The van der Waals surface area contributed by atoms with E-state index in [0.29, 0.717) is 17.2 Å². The minimum atomic E-state index is -0.963. The van der Waals surface area contributed by atoms with Crippen LogP contribution in [0.4, 0.5) is 5.69 Å². The fraction of sp³-hybridized carbons (Fsp3) is 0.421. The summed E-state index contributed by atoms with van der Waals surface area (Å²) in [6.45, 7) is 1.76. The highest BCUT2D eigenvalue weighted by Crippen LogP contribution is 2.27. The zero-order valence-corrected chi connectivity index (χ0v) is 14.3. The lowest BCUT2D eigenvalue weighted by Gasteiger charge is -2.25. The molecular formula is C19H23N3O3. The van der Waals surface area contributed by atoms with Gasteiger partial charge in [0.05, 0.1) is 0 Å². The zero-order valence-electron chi connectivity index (χ0n) is 14.3. The number of aliphatic hydroxyl groups is 1. The molecule has 1 heterocycles. The molecule has 0 bridgehead atoms. The molecule has 6 heteroatoms. The molecule has 1 aliphatic carbocycles. The van der Waals surface area contributed by atoms with Gasteiger partial charge in [-0.3, -0.25) is 9.59 Å². The highest BCUT2D eigenvalue weighted by Gasteiger charge is 2.27. The van der Waals surface area contributed by atoms with Crippen molar-refractivity contribution in [3.05, 3.63) is 46.4 Å². The Morgan fingerprint density at radius 3 is 2.56 bits per heavy atom. The van der Waals surface area contributed by atoms with Crippen molar-refractivity contribution in [1.29, 1.82) is 0 Å². The highest BCUT2D eigenvalue weighted by atomic mass is 16.3. The number of aromatic nitrogens is 2. The summed E-state index contributed by atoms with van der Waals surface area (Å²) < 4.78 is 0. The molecule has 1 unspecified atom stereocenters. The molecule has 25 heavy (non-hydrogen) atoms. The topological polar surface area (TPSA) is 95.1 Å². The van der Waals surface area contributed by atoms with E-state index in [-0.39, 0.29) is 17.4 Å². The molecule has 132 valence electrons. The normalized spacial score (nSPS) is 16.4. The summed E-state index contributed by atoms with van der Waals surface area (Å²) in [4.78, 5) is 30.8. The largest absolute Gasteiger partial charge is 0.383 e. The van der Waals surface area contributed by atoms with Crippen molar-refractivity contribution in [3.63, 3.8) is 0 Å². The number of nitrogens with zero attached hydrogens (tertiary/aromatic N) is 1. The molecule has 1 aliphatic rings. The van der Waals surface area contributed by atoms with Crippen LogP contribution >= 0.6 is 0 Å². The van der Waals surface area contributed by atoms with E-state index in [9.17, 15) is 14.7 Å². The smallest absolute Gasteiger partial charge is 0.253 e. The summed E-state index contributed by atoms with van der Waals surface area (Å²) in [6, 6.07) is 8.47. The van der Waals surface area contributed by atoms with E-state index in [1.165, 1.54) is 12.5 Å². The Morgan fingerprint density at radius 1 is 1.24 bits per heavy atom. The first-order valence-corrected chi connectivity index (χ1v) is 8.70. The van der Waals surface area contributed by atoms with E-state index in [1.54, 1.807) is 31.2 Å². The summed E-state index contributed by atoms with van der Waals surface area (Å²) >= 11 is 0. The third-order valence-corrected chi connectivity index (χ3v) is 4.66. The van der Waals surface area contributed by atoms with Gasteiger partial charge in [0.25, 0.3) is 11.5 Å². The molecule has 6 nitrogen and oxygen atoms in total. The van der Waals surface area contributed by atoms with Gasteiger partial charge in [0, 0.05) is 23.0 Å². The van der Waals surface area contributed by atoms with Gasteiger partial charge in [0.2, 0.25) is 0 Å². The summed E-state index contributed by atoms with van der Waals surface area (Å²) in [6.07, 6.45) is 4.17. The van der Waals surface area contributed by atoms with Gasteiger partial charge < -0.3 is 15.4 Å². The van der Waals surface area contributed by atoms with Crippen LogP contribution in [-0.2, 0) is 4.79 Å². The molecule has 2 aromatic rings. The highest BCUT2D eigenvalue weighted by molar-refractivity contribution is 5.94. The maximum atomic E-state index is 12.2. The van der Waals surface area contributed by atoms with Gasteiger partial charge in [-0.05, 0) is 49.9 Å². The number of aliphatic hydroxyl groups excluding tert-OH is 1. The van der Waals surface area contributed by atoms with Gasteiger partial charge in [0.15, 0.2) is 0 Å². The second-order valence-electron chi connectivity index (χ2n) is 6.64. The Balaban J connectivity index is 1.67. The lowest BCUT2D eigenvalue weighted by atomic mass is 9.85. The number of aromatic amines is 1. The fourth-order valence-electron chi connectivity index (χ4n) is 3.31. The second-order valence-corrected chi connectivity index (χ2v) is 6.64. The second kappa shape index (κ2) is 7.61. The van der Waals surface area contributed by atoms with Crippen LogP contribution in [0.25, 0.3) is 11.4 Å². The molecule has 0 saturated heterocycles. The minimum Gasteiger partial charge on any atom is -0.383 e. The fourth-order valence-corrected chi connectivity index (χ4v) is 3.31. The third kappa shape index (κ3) is 4.33. The van der Waals surface area contributed by atoms with Gasteiger partial charge in [0.1, 0.15) is 11.9 Å². The van der Waals surface area contributed by atoms with Crippen molar-refractivity contribution >= 4 is 11.6 Å². The van der Waals surface area contributed by atoms with Crippen LogP contribution in [0.5, 0.6) is 0 Å². The Bertz CT molecular complexity index is 792. The number of anilines is 1. The summed E-state index contributed by atoms with van der Waals surface area (Å²) in [5, 5.41) is 13.0. The summed E-state index contributed by atoms with van der Waals surface area (Å²) in [7, 11) is 0. The van der Waals surface area contributed by atoms with Crippen LogP contribution in [0.2, 0.25) is 0 Å². The molecule has 1 amide bonds. The monoisotopic (exact) mass is 341 g/mol. The lowest BCUT2D eigenvalue weighted by molar-refractivity contribution is -0.127. The molecule has 0 spiro atoms. The zero-order chi connectivity index (χ0) is 17.8. The van der Waals surface area contributed by atoms with E-state index in [0.717, 1.165) is 31.2 Å². The van der Waals surface area contributed by atoms with Crippen LogP contribution in [0, 0.1) is 12.8 Å². The van der Waals surface area contributed by atoms with Gasteiger partial charge in [-0.1, -0.05) is 19.3 Å². The summed E-state index contributed by atoms with van der Waals surface area (Å²) in [5.74, 6) is 0.182. The third-order valence-electron chi connectivity index (χ3n) is 4.66. The predicted octanol–water partition coefficient (Wildman–Crippen LogP) is 2.63. The number of hydrogen-bond acceptors (Lipinski definition) is 4. The first-order valence-electron chi connectivity index (χ1n) is 8.70. The van der Waals surface area contributed by atoms with E-state index < -0.39 is 6.10 Å². The molecule has 3 rings (SSSR count). The lowest BCUT2D eigenvalue weighted by Crippen LogP contribution is -2.35. The van der Waals surface area contributed by atoms with Gasteiger partial charge >= 0.3 is 0 Å². The number of H-pyrrole nitrogens is 1. The number of amides is 1. The van der Waals surface area contributed by atoms with Crippen molar-refractivity contribution in [2.45, 2.75) is 45.1 Å². The molecule has 0 aliphatic heterocycles. The molecule has 1 saturated carbocycles. The van der Waals surface area contributed by atoms with Crippen molar-refractivity contribution in [3.8, 4) is 11.4 Å². The minimum absolute atomic E-state index is 0.0505. The van der Waals surface area contributed by atoms with Gasteiger partial charge in [-0.15, -0.1) is 0 Å². The maximum absolute atomic E-state index is 12.2. The van der Waals surface area contributed by atoms with Crippen molar-refractivity contribution in [2.75, 3.05) is 5.32 Å². The molecule has 1 atom stereocenters. The quantitative estimate of drug-likeness (QED) is 0.796. The van der Waals surface area contributed by atoms with E-state index >= 15 is 0 Å². The molecule has 1 fully saturated rings. The first kappa shape index (κ1) is 17.4. The Kier molecular flexibility index (Phi) is 5.28. The Morgan fingerprint density at radius 2 is 1.92 bits per heavy atom. The average Bonchev–Trinajstić information content (AvgIpc) is 2.61. The standard InChI is InChI=1S/C19H23N3O3/c1-12-11-16(23)22-18(20-12)14-7-9-15(10-8-14)21-19(25)17(24)13-5-3-2-4-6-13/h7-11,13,17,24H,2-6H2,1H3,(H,21,25)(H,20,22,23). The maximum Gasteiger partial charge on any atom is 0.253 e. The number of rotatable bonds is 4. The van der Waals surface area contributed by atoms with Gasteiger partial charge in [-0.2, -0.15) is 0 Å². The molecule has 0 radical (unpaired) electrons. The number of hydrogen-bond donors (Lipinski definition) is 3. The van der Waals surface area contributed by atoms with Crippen LogP contribution in [-0.4, -0.2) is 27.1 Å². The molecule has 1 aromatic heterocycles. The van der Waals surface area contributed by atoms with Gasteiger partial charge in [-0.25, -0.2) is 4.98 Å². The van der Waals surface area contributed by atoms with Crippen LogP contribution < -0.4 is 10.9 Å². The number of benzene rings is 1. The molecule has 1 aromatic carbocycles. The van der Waals surface area contributed by atoms with E-state index in [1.807, 2.05) is 0 Å². The number of carbonyl (C=O) groups excluding carboxylic acids is 1. The van der Waals surface area contributed by atoms with Crippen LogP contribution in [0.15, 0.2) is 35.1 Å². The average molecular weight is 341 g/mol. The molecular weight excluding hydrogens is 318 g/mol. The SMILES string of the molecule is Cc1cc(=O)[nH]c(-c2ccc(NC(=O)C(O)C3CCCCC3)cc2)n1. The number of nitrogens with one attached hydrogen (secondary N) is 2. The Hall–Kier alpha value is -2.47. The van der Waals surface area contributed by atoms with Crippen molar-refractivity contribution in [2.24, 2.45) is 5.92 Å².